The first kappa shape index (κ1) is 31.1. The molecule has 0 spiro atoms. The Balaban J connectivity index is 2.04. The Morgan fingerprint density at radius 1 is 0.950 bits per heavy atom. The molecule has 3 aromatic rings. The number of halogens is 2. The monoisotopic (exact) mass is 587 g/mol. The lowest BCUT2D eigenvalue weighted by Gasteiger charge is -2.32. The van der Waals surface area contributed by atoms with E-state index in [2.05, 4.69) is 5.32 Å². The van der Waals surface area contributed by atoms with Crippen molar-refractivity contribution in [3.05, 3.63) is 94.3 Å². The lowest BCUT2D eigenvalue weighted by atomic mass is 10.1. The van der Waals surface area contributed by atoms with Crippen molar-refractivity contribution >= 4 is 39.1 Å². The maximum Gasteiger partial charge on any atom is 0.264 e. The van der Waals surface area contributed by atoms with Gasteiger partial charge in [-0.1, -0.05) is 36.7 Å². The Kier molecular flexibility index (Phi) is 10.3. The van der Waals surface area contributed by atoms with E-state index >= 15 is 0 Å². The summed E-state index contributed by atoms with van der Waals surface area (Å²) in [5, 5.41) is 3.26. The van der Waals surface area contributed by atoms with Gasteiger partial charge in [-0.25, -0.2) is 12.8 Å². The highest BCUT2D eigenvalue weighted by molar-refractivity contribution is 7.92. The molecule has 0 heterocycles. The molecule has 0 radical (unpaired) electrons. The highest BCUT2D eigenvalue weighted by atomic mass is 35.5. The van der Waals surface area contributed by atoms with Gasteiger partial charge in [-0.05, 0) is 99.3 Å². The van der Waals surface area contributed by atoms with Gasteiger partial charge in [0.2, 0.25) is 11.8 Å². The van der Waals surface area contributed by atoms with Crippen LogP contribution in [0.15, 0.2) is 71.6 Å². The van der Waals surface area contributed by atoms with Crippen molar-refractivity contribution in [2.75, 3.05) is 10.8 Å². The SMILES string of the molecule is CC[C@@H](C)NC(=O)[C@@H](C)N(Cc1ccc(F)cc1)C(=O)CN(c1ccc(C)c(C)c1)S(=O)(=O)c1ccc(Cl)cc1. The number of nitrogens with one attached hydrogen (secondary N) is 1. The van der Waals surface area contributed by atoms with E-state index in [9.17, 15) is 22.4 Å². The zero-order valence-electron chi connectivity index (χ0n) is 23.3. The minimum Gasteiger partial charge on any atom is -0.352 e. The van der Waals surface area contributed by atoms with Crippen LogP contribution in [-0.4, -0.2) is 43.8 Å². The third kappa shape index (κ3) is 7.61. The Labute approximate surface area is 241 Å². The molecule has 0 aromatic heterocycles. The van der Waals surface area contributed by atoms with Gasteiger partial charge in [0.05, 0.1) is 10.6 Å². The van der Waals surface area contributed by atoms with Gasteiger partial charge in [0.15, 0.2) is 0 Å². The predicted molar refractivity (Wildman–Crippen MR) is 156 cm³/mol. The highest BCUT2D eigenvalue weighted by Crippen LogP contribution is 2.27. The van der Waals surface area contributed by atoms with Gasteiger partial charge >= 0.3 is 0 Å². The standard InChI is InChI=1S/C30H35ClFN3O4S/c1-6-22(4)33-30(37)23(5)34(18-24-8-12-26(32)13-9-24)29(36)19-35(27-14-7-20(2)21(3)17-27)40(38,39)28-15-10-25(31)11-16-28/h7-17,22-23H,6,18-19H2,1-5H3,(H,33,37)/t22-,23-/m1/s1. The van der Waals surface area contributed by atoms with Crippen molar-refractivity contribution in [2.45, 2.75) is 64.6 Å². The average Bonchev–Trinajstić information content (AvgIpc) is 2.92. The van der Waals surface area contributed by atoms with Crippen LogP contribution in [0, 0.1) is 19.7 Å². The second-order valence-electron chi connectivity index (χ2n) is 9.88. The Morgan fingerprint density at radius 2 is 1.57 bits per heavy atom. The first-order valence-electron chi connectivity index (χ1n) is 13.0. The van der Waals surface area contributed by atoms with Crippen LogP contribution >= 0.6 is 11.6 Å². The van der Waals surface area contributed by atoms with E-state index in [1.165, 1.54) is 53.4 Å². The first-order chi connectivity index (χ1) is 18.8. The minimum atomic E-state index is -4.20. The number of aryl methyl sites for hydroxylation is 2. The lowest BCUT2D eigenvalue weighted by Crippen LogP contribution is -2.52. The Morgan fingerprint density at radius 3 is 2.15 bits per heavy atom. The topological polar surface area (TPSA) is 86.8 Å². The summed E-state index contributed by atoms with van der Waals surface area (Å²) in [5.41, 5.74) is 2.72. The van der Waals surface area contributed by atoms with Crippen LogP contribution in [0.25, 0.3) is 0 Å². The van der Waals surface area contributed by atoms with Gasteiger partial charge in [0, 0.05) is 17.6 Å². The van der Waals surface area contributed by atoms with Gasteiger partial charge in [0.1, 0.15) is 18.4 Å². The van der Waals surface area contributed by atoms with E-state index in [-0.39, 0.29) is 23.4 Å². The van der Waals surface area contributed by atoms with E-state index in [0.717, 1.165) is 15.4 Å². The van der Waals surface area contributed by atoms with E-state index < -0.39 is 34.3 Å². The molecule has 3 aromatic carbocycles. The summed E-state index contributed by atoms with van der Waals surface area (Å²) in [4.78, 5) is 28.3. The number of hydrogen-bond acceptors (Lipinski definition) is 4. The fourth-order valence-electron chi connectivity index (χ4n) is 3.98. The van der Waals surface area contributed by atoms with Crippen molar-refractivity contribution in [1.82, 2.24) is 10.2 Å². The number of carbonyl (C=O) groups excluding carboxylic acids is 2. The van der Waals surface area contributed by atoms with Crippen LogP contribution < -0.4 is 9.62 Å². The summed E-state index contributed by atoms with van der Waals surface area (Å²) in [6.07, 6.45) is 0.699. The molecule has 40 heavy (non-hydrogen) atoms. The van der Waals surface area contributed by atoms with Crippen LogP contribution in [0.1, 0.15) is 43.9 Å². The Hall–Kier alpha value is -3.43. The molecule has 0 saturated heterocycles. The van der Waals surface area contributed by atoms with Crippen LogP contribution in [-0.2, 0) is 26.2 Å². The third-order valence-corrected chi connectivity index (χ3v) is 8.93. The van der Waals surface area contributed by atoms with Gasteiger partial charge in [-0.3, -0.25) is 13.9 Å². The second kappa shape index (κ2) is 13.3. The molecule has 2 atom stereocenters. The number of hydrogen-bond donors (Lipinski definition) is 1. The molecular formula is C30H35ClFN3O4S. The molecule has 0 bridgehead atoms. The summed E-state index contributed by atoms with van der Waals surface area (Å²) in [6.45, 7) is 8.57. The van der Waals surface area contributed by atoms with Crippen molar-refractivity contribution in [3.63, 3.8) is 0 Å². The van der Waals surface area contributed by atoms with E-state index in [4.69, 9.17) is 11.6 Å². The largest absolute Gasteiger partial charge is 0.352 e. The van der Waals surface area contributed by atoms with Crippen molar-refractivity contribution < 1.29 is 22.4 Å². The molecular weight excluding hydrogens is 553 g/mol. The summed E-state index contributed by atoms with van der Waals surface area (Å²) >= 11 is 5.99. The summed E-state index contributed by atoms with van der Waals surface area (Å²) in [7, 11) is -4.20. The molecule has 10 heteroatoms. The number of benzene rings is 3. The normalized spacial score (nSPS) is 12.9. The molecule has 3 rings (SSSR count). The van der Waals surface area contributed by atoms with Crippen LogP contribution in [0.5, 0.6) is 0 Å². The molecule has 214 valence electrons. The maximum absolute atomic E-state index is 13.9. The molecule has 0 unspecified atom stereocenters. The van der Waals surface area contributed by atoms with Crippen molar-refractivity contribution in [2.24, 2.45) is 0 Å². The van der Waals surface area contributed by atoms with E-state index in [0.29, 0.717) is 22.7 Å². The number of anilines is 1. The van der Waals surface area contributed by atoms with Gasteiger partial charge < -0.3 is 10.2 Å². The van der Waals surface area contributed by atoms with E-state index in [1.54, 1.807) is 25.1 Å². The van der Waals surface area contributed by atoms with E-state index in [1.807, 2.05) is 27.7 Å². The average molecular weight is 588 g/mol. The number of amides is 2. The fourth-order valence-corrected chi connectivity index (χ4v) is 5.51. The fraction of sp³-hybridized carbons (Fsp3) is 0.333. The molecule has 0 aliphatic rings. The number of rotatable bonds is 11. The van der Waals surface area contributed by atoms with Crippen molar-refractivity contribution in [1.29, 1.82) is 0 Å². The number of nitrogens with zero attached hydrogens (tertiary/aromatic N) is 2. The summed E-state index contributed by atoms with van der Waals surface area (Å²) in [5.74, 6) is -1.39. The quantitative estimate of drug-likeness (QED) is 0.315. The van der Waals surface area contributed by atoms with Crippen LogP contribution in [0.4, 0.5) is 10.1 Å². The van der Waals surface area contributed by atoms with Gasteiger partial charge in [0.25, 0.3) is 10.0 Å². The molecule has 7 nitrogen and oxygen atoms in total. The zero-order chi connectivity index (χ0) is 29.6. The Bertz CT molecular complexity index is 1450. The first-order valence-corrected chi connectivity index (χ1v) is 14.8. The minimum absolute atomic E-state index is 0.0179. The molecule has 0 fully saturated rings. The van der Waals surface area contributed by atoms with Gasteiger partial charge in [-0.2, -0.15) is 0 Å². The molecule has 0 aliphatic carbocycles. The number of carbonyl (C=O) groups is 2. The summed E-state index contributed by atoms with van der Waals surface area (Å²) < 4.78 is 42.4. The predicted octanol–water partition coefficient (Wildman–Crippen LogP) is 5.62. The highest BCUT2D eigenvalue weighted by Gasteiger charge is 2.33. The van der Waals surface area contributed by atoms with Crippen LogP contribution in [0.3, 0.4) is 0 Å². The van der Waals surface area contributed by atoms with Gasteiger partial charge in [-0.15, -0.1) is 0 Å². The maximum atomic E-state index is 13.9. The van der Waals surface area contributed by atoms with Crippen LogP contribution in [0.2, 0.25) is 5.02 Å². The van der Waals surface area contributed by atoms with Crippen molar-refractivity contribution in [3.8, 4) is 0 Å². The molecule has 2 amide bonds. The second-order valence-corrected chi connectivity index (χ2v) is 12.2. The smallest absolute Gasteiger partial charge is 0.264 e. The molecule has 0 saturated carbocycles. The zero-order valence-corrected chi connectivity index (χ0v) is 24.9. The lowest BCUT2D eigenvalue weighted by molar-refractivity contribution is -0.139. The molecule has 1 N–H and O–H groups in total. The third-order valence-electron chi connectivity index (χ3n) is 6.89. The summed E-state index contributed by atoms with van der Waals surface area (Å²) in [6, 6.07) is 15.4. The number of sulfonamides is 1. The molecule has 0 aliphatic heterocycles.